The first-order chi connectivity index (χ1) is 12.1. The Morgan fingerprint density at radius 3 is 2.31 bits per heavy atom. The van der Waals surface area contributed by atoms with Gasteiger partial charge in [-0.15, -0.1) is 15.7 Å². The van der Waals surface area contributed by atoms with Crippen molar-refractivity contribution < 1.29 is 4.39 Å². The standard InChI is InChI=1S/C24H28FP/c1-7-24(6,20-12-21(25)14-22(26)13-20)15-16(2)8-9-23-18(4)10-17(3)11-19(23)5/h1,10-14H,2,8-9,15,26H2,3-6H3. The van der Waals surface area contributed by atoms with Crippen LogP contribution in [0.15, 0.2) is 42.5 Å². The normalized spacial score (nSPS) is 13.1. The molecule has 0 N–H and O–H groups in total. The highest BCUT2D eigenvalue weighted by molar-refractivity contribution is 7.27. The Bertz CT molecular complexity index is 829. The van der Waals surface area contributed by atoms with Gasteiger partial charge >= 0.3 is 0 Å². The molecule has 0 amide bonds. The van der Waals surface area contributed by atoms with E-state index in [1.54, 1.807) is 0 Å². The Kier molecular flexibility index (Phi) is 6.44. The van der Waals surface area contributed by atoms with Crippen molar-refractivity contribution >= 4 is 14.5 Å². The number of allylic oxidation sites excluding steroid dienone is 1. The third-order valence-corrected chi connectivity index (χ3v) is 5.38. The maximum Gasteiger partial charge on any atom is 0.124 e. The van der Waals surface area contributed by atoms with Gasteiger partial charge in [-0.1, -0.05) is 41.8 Å². The Labute approximate surface area is 160 Å². The number of aryl methyl sites for hydroxylation is 3. The summed E-state index contributed by atoms with van der Waals surface area (Å²) in [5, 5.41) is 0.804. The Morgan fingerprint density at radius 1 is 1.15 bits per heavy atom. The topological polar surface area (TPSA) is 0 Å². The molecule has 0 bridgehead atoms. The van der Waals surface area contributed by atoms with E-state index in [0.29, 0.717) is 6.42 Å². The van der Waals surface area contributed by atoms with Gasteiger partial charge in [-0.3, -0.25) is 0 Å². The quantitative estimate of drug-likeness (QED) is 0.348. The van der Waals surface area contributed by atoms with Gasteiger partial charge in [0.15, 0.2) is 0 Å². The van der Waals surface area contributed by atoms with Crippen molar-refractivity contribution in [1.29, 1.82) is 0 Å². The zero-order chi connectivity index (χ0) is 19.5. The van der Waals surface area contributed by atoms with E-state index in [2.05, 4.69) is 54.6 Å². The second-order valence-corrected chi connectivity index (χ2v) is 8.22. The maximum atomic E-state index is 13.8. The minimum Gasteiger partial charge on any atom is -0.207 e. The first kappa shape index (κ1) is 20.4. The van der Waals surface area contributed by atoms with E-state index in [4.69, 9.17) is 6.42 Å². The Morgan fingerprint density at radius 2 is 1.77 bits per heavy atom. The molecule has 2 aromatic rings. The maximum absolute atomic E-state index is 13.8. The number of hydrogen-bond donors (Lipinski definition) is 0. The molecule has 2 aromatic carbocycles. The van der Waals surface area contributed by atoms with Gasteiger partial charge in [-0.25, -0.2) is 4.39 Å². The van der Waals surface area contributed by atoms with Gasteiger partial charge in [0, 0.05) is 0 Å². The molecule has 0 fully saturated rings. The largest absolute Gasteiger partial charge is 0.207 e. The molecule has 0 heterocycles. The first-order valence-electron chi connectivity index (χ1n) is 8.92. The van der Waals surface area contributed by atoms with E-state index in [1.807, 2.05) is 13.0 Å². The van der Waals surface area contributed by atoms with Gasteiger partial charge in [0.2, 0.25) is 0 Å². The fourth-order valence-electron chi connectivity index (χ4n) is 3.66. The van der Waals surface area contributed by atoms with Gasteiger partial charge in [-0.05, 0) is 86.6 Å². The molecular weight excluding hydrogens is 338 g/mol. The summed E-state index contributed by atoms with van der Waals surface area (Å²) in [4.78, 5) is 0. The number of terminal acetylenes is 1. The van der Waals surface area contributed by atoms with E-state index in [0.717, 1.165) is 29.3 Å². The van der Waals surface area contributed by atoms with E-state index in [9.17, 15) is 4.39 Å². The van der Waals surface area contributed by atoms with Crippen LogP contribution >= 0.6 is 9.24 Å². The lowest BCUT2D eigenvalue weighted by Gasteiger charge is -2.26. The molecule has 136 valence electrons. The van der Waals surface area contributed by atoms with Crippen molar-refractivity contribution in [3.05, 3.63) is 76.1 Å². The molecule has 0 aliphatic heterocycles. The summed E-state index contributed by atoms with van der Waals surface area (Å²) < 4.78 is 13.8. The van der Waals surface area contributed by atoms with E-state index < -0.39 is 5.41 Å². The molecule has 0 saturated heterocycles. The Balaban J connectivity index is 2.14. The van der Waals surface area contributed by atoms with Crippen molar-refractivity contribution in [1.82, 2.24) is 0 Å². The smallest absolute Gasteiger partial charge is 0.124 e. The third-order valence-electron chi connectivity index (χ3n) is 5.05. The molecule has 0 aliphatic carbocycles. The first-order valence-corrected chi connectivity index (χ1v) is 9.50. The van der Waals surface area contributed by atoms with Crippen LogP contribution in [0.1, 0.15) is 47.6 Å². The second kappa shape index (κ2) is 8.20. The zero-order valence-corrected chi connectivity index (χ0v) is 17.4. The van der Waals surface area contributed by atoms with Crippen molar-refractivity contribution in [2.75, 3.05) is 0 Å². The van der Waals surface area contributed by atoms with Crippen LogP contribution in [0.25, 0.3) is 0 Å². The predicted molar refractivity (Wildman–Crippen MR) is 115 cm³/mol. The average Bonchev–Trinajstić information content (AvgIpc) is 2.52. The predicted octanol–water partition coefficient (Wildman–Crippen LogP) is 5.72. The number of hydrogen-bond acceptors (Lipinski definition) is 0. The van der Waals surface area contributed by atoms with Gasteiger partial charge < -0.3 is 0 Å². The average molecular weight is 366 g/mol. The van der Waals surface area contributed by atoms with Gasteiger partial charge in [0.1, 0.15) is 5.82 Å². The fourth-order valence-corrected chi connectivity index (χ4v) is 4.00. The van der Waals surface area contributed by atoms with Crippen LogP contribution < -0.4 is 5.30 Å². The van der Waals surface area contributed by atoms with Crippen molar-refractivity contribution in [2.45, 2.75) is 52.4 Å². The number of halogens is 1. The van der Waals surface area contributed by atoms with E-state index in [1.165, 1.54) is 34.4 Å². The molecule has 0 aromatic heterocycles. The summed E-state index contributed by atoms with van der Waals surface area (Å²) in [5.41, 5.74) is 6.70. The summed E-state index contributed by atoms with van der Waals surface area (Å²) in [6.45, 7) is 12.7. The second-order valence-electron chi connectivity index (χ2n) is 7.55. The molecule has 2 unspecified atom stereocenters. The van der Waals surface area contributed by atoms with Crippen LogP contribution in [0, 0.1) is 38.9 Å². The summed E-state index contributed by atoms with van der Waals surface area (Å²) >= 11 is 0. The van der Waals surface area contributed by atoms with Crippen LogP contribution in [0.3, 0.4) is 0 Å². The summed E-state index contributed by atoms with van der Waals surface area (Å²) in [5.74, 6) is 2.61. The van der Waals surface area contributed by atoms with Crippen LogP contribution in [0.4, 0.5) is 4.39 Å². The van der Waals surface area contributed by atoms with Crippen molar-refractivity contribution in [2.24, 2.45) is 0 Å². The molecule has 0 spiro atoms. The van der Waals surface area contributed by atoms with Gasteiger partial charge in [-0.2, -0.15) is 0 Å². The van der Waals surface area contributed by atoms with Crippen LogP contribution in [0.5, 0.6) is 0 Å². The molecule has 0 nitrogen and oxygen atoms in total. The molecule has 26 heavy (non-hydrogen) atoms. The molecule has 2 atom stereocenters. The van der Waals surface area contributed by atoms with Crippen LogP contribution in [0.2, 0.25) is 0 Å². The summed E-state index contributed by atoms with van der Waals surface area (Å²) in [6, 6.07) is 9.42. The number of benzene rings is 2. The third kappa shape index (κ3) is 4.84. The van der Waals surface area contributed by atoms with Crippen LogP contribution in [-0.2, 0) is 11.8 Å². The molecule has 2 rings (SSSR count). The van der Waals surface area contributed by atoms with Gasteiger partial charge in [0.25, 0.3) is 0 Å². The van der Waals surface area contributed by atoms with Gasteiger partial charge in [0.05, 0.1) is 5.41 Å². The molecule has 0 aliphatic rings. The molecule has 0 radical (unpaired) electrons. The minimum atomic E-state index is -0.554. The highest BCUT2D eigenvalue weighted by Crippen LogP contribution is 2.32. The monoisotopic (exact) mass is 366 g/mol. The zero-order valence-electron chi connectivity index (χ0n) is 16.2. The highest BCUT2D eigenvalue weighted by atomic mass is 31.0. The Hall–Kier alpha value is -1.90. The molecule has 2 heteroatoms. The fraction of sp³-hybridized carbons (Fsp3) is 0.333. The minimum absolute atomic E-state index is 0.259. The highest BCUT2D eigenvalue weighted by Gasteiger charge is 2.26. The molecule has 0 saturated carbocycles. The summed E-state index contributed by atoms with van der Waals surface area (Å²) in [6.07, 6.45) is 8.33. The lowest BCUT2D eigenvalue weighted by atomic mass is 9.77. The van der Waals surface area contributed by atoms with E-state index in [-0.39, 0.29) is 5.82 Å². The molecular formula is C24H28FP. The van der Waals surface area contributed by atoms with Crippen molar-refractivity contribution in [3.63, 3.8) is 0 Å². The van der Waals surface area contributed by atoms with Crippen LogP contribution in [-0.4, -0.2) is 0 Å². The van der Waals surface area contributed by atoms with Crippen molar-refractivity contribution in [3.8, 4) is 12.3 Å². The number of rotatable bonds is 6. The van der Waals surface area contributed by atoms with E-state index >= 15 is 0 Å². The summed E-state index contributed by atoms with van der Waals surface area (Å²) in [7, 11) is 2.54. The SMILES string of the molecule is C#CC(C)(CC(=C)CCc1c(C)cc(C)cc1C)c1cc(F)cc(P)c1. The lowest BCUT2D eigenvalue weighted by Crippen LogP contribution is -2.22. The lowest BCUT2D eigenvalue weighted by molar-refractivity contribution is 0.580.